The number of hydrogen-bond donors (Lipinski definition) is 1. The van der Waals surface area contributed by atoms with Crippen LogP contribution in [0.5, 0.6) is 0 Å². The SMILES string of the molecule is COC(=O)c1c(NC(=O)Cn2nc([N+](=O)[O-])cc2C)sc2c1CC[C@H](C)C2. The number of amides is 1. The van der Waals surface area contributed by atoms with Crippen LogP contribution in [0.25, 0.3) is 0 Å². The molecule has 27 heavy (non-hydrogen) atoms. The van der Waals surface area contributed by atoms with Gasteiger partial charge in [-0.05, 0) is 42.6 Å². The molecule has 2 aromatic rings. The zero-order valence-corrected chi connectivity index (χ0v) is 16.1. The van der Waals surface area contributed by atoms with Crippen LogP contribution in [0.4, 0.5) is 10.8 Å². The number of nitrogens with zero attached hydrogens (tertiary/aromatic N) is 3. The number of rotatable bonds is 5. The first kappa shape index (κ1) is 19.0. The molecular weight excluding hydrogens is 372 g/mol. The van der Waals surface area contributed by atoms with Gasteiger partial charge < -0.3 is 20.2 Å². The van der Waals surface area contributed by atoms with Gasteiger partial charge in [-0.3, -0.25) is 4.79 Å². The van der Waals surface area contributed by atoms with E-state index >= 15 is 0 Å². The number of carbonyl (C=O) groups excluding carboxylic acids is 2. The number of anilines is 1. The number of aromatic nitrogens is 2. The lowest BCUT2D eigenvalue weighted by atomic mass is 9.88. The van der Waals surface area contributed by atoms with E-state index in [1.54, 1.807) is 6.92 Å². The molecular formula is C17H20N4O5S. The van der Waals surface area contributed by atoms with Crippen molar-refractivity contribution < 1.29 is 19.2 Å². The third-order valence-corrected chi connectivity index (χ3v) is 5.77. The van der Waals surface area contributed by atoms with Crippen molar-refractivity contribution in [2.24, 2.45) is 5.92 Å². The Morgan fingerprint density at radius 2 is 2.26 bits per heavy atom. The number of nitrogens with one attached hydrogen (secondary N) is 1. The summed E-state index contributed by atoms with van der Waals surface area (Å²) in [6, 6.07) is 1.30. The first-order valence-corrected chi connectivity index (χ1v) is 9.33. The number of aryl methyl sites for hydroxylation is 1. The van der Waals surface area contributed by atoms with Gasteiger partial charge in [0.25, 0.3) is 0 Å². The van der Waals surface area contributed by atoms with Gasteiger partial charge >= 0.3 is 11.8 Å². The Morgan fingerprint density at radius 1 is 1.52 bits per heavy atom. The molecule has 10 heteroatoms. The predicted molar refractivity (Wildman–Crippen MR) is 99.1 cm³/mol. The minimum atomic E-state index is -0.606. The molecule has 9 nitrogen and oxygen atoms in total. The highest BCUT2D eigenvalue weighted by Crippen LogP contribution is 2.40. The summed E-state index contributed by atoms with van der Waals surface area (Å²) in [5.74, 6) is -0.662. The van der Waals surface area contributed by atoms with Crippen LogP contribution in [0.2, 0.25) is 0 Å². The molecule has 0 radical (unpaired) electrons. The van der Waals surface area contributed by atoms with Crippen LogP contribution >= 0.6 is 11.3 Å². The zero-order chi connectivity index (χ0) is 19.7. The van der Waals surface area contributed by atoms with Crippen molar-refractivity contribution in [1.29, 1.82) is 0 Å². The highest BCUT2D eigenvalue weighted by atomic mass is 32.1. The summed E-state index contributed by atoms with van der Waals surface area (Å²) in [5.41, 5.74) is 1.87. The molecule has 0 fully saturated rings. The average molecular weight is 392 g/mol. The summed E-state index contributed by atoms with van der Waals surface area (Å²) in [5, 5.41) is 17.8. The van der Waals surface area contributed by atoms with Crippen LogP contribution in [0.3, 0.4) is 0 Å². The van der Waals surface area contributed by atoms with Gasteiger partial charge in [0, 0.05) is 4.88 Å². The molecule has 0 unspecified atom stereocenters. The smallest absolute Gasteiger partial charge is 0.390 e. The third-order valence-electron chi connectivity index (χ3n) is 4.60. The molecule has 2 aromatic heterocycles. The van der Waals surface area contributed by atoms with E-state index in [1.807, 2.05) is 0 Å². The summed E-state index contributed by atoms with van der Waals surface area (Å²) < 4.78 is 6.17. The van der Waals surface area contributed by atoms with E-state index < -0.39 is 16.8 Å². The maximum absolute atomic E-state index is 12.5. The van der Waals surface area contributed by atoms with Crippen LogP contribution in [0.15, 0.2) is 6.07 Å². The second-order valence-corrected chi connectivity index (χ2v) is 7.76. The van der Waals surface area contributed by atoms with Crippen LogP contribution in [0, 0.1) is 23.0 Å². The Kier molecular flexibility index (Phi) is 5.26. The van der Waals surface area contributed by atoms with Crippen LogP contribution in [-0.2, 0) is 28.9 Å². The Morgan fingerprint density at radius 3 is 2.89 bits per heavy atom. The van der Waals surface area contributed by atoms with Gasteiger partial charge in [0.05, 0.1) is 29.5 Å². The van der Waals surface area contributed by atoms with Crippen molar-refractivity contribution in [3.8, 4) is 0 Å². The minimum Gasteiger partial charge on any atom is -0.465 e. The fraction of sp³-hybridized carbons (Fsp3) is 0.471. The topological polar surface area (TPSA) is 116 Å². The summed E-state index contributed by atoms with van der Waals surface area (Å²) in [4.78, 5) is 36.0. The molecule has 0 aromatic carbocycles. The number of esters is 1. The Hall–Kier alpha value is -2.75. The number of methoxy groups -OCH3 is 1. The highest BCUT2D eigenvalue weighted by Gasteiger charge is 2.29. The van der Waals surface area contributed by atoms with Crippen molar-refractivity contribution in [2.75, 3.05) is 12.4 Å². The quantitative estimate of drug-likeness (QED) is 0.475. The molecule has 1 atom stereocenters. The monoisotopic (exact) mass is 392 g/mol. The van der Waals surface area contributed by atoms with Gasteiger partial charge in [-0.15, -0.1) is 11.3 Å². The van der Waals surface area contributed by atoms with Gasteiger partial charge in [0.1, 0.15) is 11.5 Å². The standard InChI is InChI=1S/C17H20N4O5S/c1-9-4-5-11-12(6-9)27-16(15(11)17(23)26-3)18-14(22)8-20-10(2)7-13(19-20)21(24)25/h7,9H,4-6,8H2,1-3H3,(H,18,22)/t9-/m0/s1. The molecule has 0 saturated carbocycles. The van der Waals surface area contributed by atoms with E-state index in [0.717, 1.165) is 29.7 Å². The molecule has 1 aliphatic rings. The molecule has 3 rings (SSSR count). The van der Waals surface area contributed by atoms with E-state index in [1.165, 1.54) is 29.2 Å². The fourth-order valence-corrected chi connectivity index (χ4v) is 4.62. The number of carbonyl (C=O) groups is 2. The van der Waals surface area contributed by atoms with Gasteiger partial charge in [-0.1, -0.05) is 6.92 Å². The van der Waals surface area contributed by atoms with E-state index in [2.05, 4.69) is 17.3 Å². The molecule has 1 aliphatic carbocycles. The highest BCUT2D eigenvalue weighted by molar-refractivity contribution is 7.17. The molecule has 0 spiro atoms. The van der Waals surface area contributed by atoms with Crippen LogP contribution < -0.4 is 5.32 Å². The van der Waals surface area contributed by atoms with Gasteiger partial charge in [0.15, 0.2) is 0 Å². The predicted octanol–water partition coefficient (Wildman–Crippen LogP) is 2.71. The lowest BCUT2D eigenvalue weighted by Gasteiger charge is -2.18. The van der Waals surface area contributed by atoms with Gasteiger partial charge in [-0.25, -0.2) is 4.79 Å². The molecule has 0 bridgehead atoms. The van der Waals surface area contributed by atoms with E-state index in [-0.39, 0.29) is 12.4 Å². The molecule has 2 heterocycles. The molecule has 1 amide bonds. The lowest BCUT2D eigenvalue weighted by Crippen LogP contribution is -2.21. The minimum absolute atomic E-state index is 0.181. The fourth-order valence-electron chi connectivity index (χ4n) is 3.20. The van der Waals surface area contributed by atoms with Crippen molar-refractivity contribution in [3.63, 3.8) is 0 Å². The number of fused-ring (bicyclic) bond motifs is 1. The zero-order valence-electron chi connectivity index (χ0n) is 15.3. The normalized spacial score (nSPS) is 15.9. The largest absolute Gasteiger partial charge is 0.465 e. The molecule has 1 N–H and O–H groups in total. The summed E-state index contributed by atoms with van der Waals surface area (Å²) in [7, 11) is 1.32. The maximum atomic E-state index is 12.5. The van der Waals surface area contributed by atoms with Crippen LogP contribution in [-0.4, -0.2) is 33.7 Å². The van der Waals surface area contributed by atoms with Crippen molar-refractivity contribution in [1.82, 2.24) is 9.78 Å². The van der Waals surface area contributed by atoms with Crippen molar-refractivity contribution >= 4 is 34.0 Å². The number of hydrogen-bond acceptors (Lipinski definition) is 7. The average Bonchev–Trinajstić information content (AvgIpc) is 3.14. The van der Waals surface area contributed by atoms with Crippen molar-refractivity contribution in [3.05, 3.63) is 37.9 Å². The maximum Gasteiger partial charge on any atom is 0.390 e. The molecule has 144 valence electrons. The summed E-state index contributed by atoms with van der Waals surface area (Å²) >= 11 is 1.39. The number of thiophene rings is 1. The van der Waals surface area contributed by atoms with Gasteiger partial charge in [-0.2, -0.15) is 4.68 Å². The second-order valence-electron chi connectivity index (χ2n) is 6.65. The summed E-state index contributed by atoms with van der Waals surface area (Å²) in [6.45, 7) is 3.61. The molecule has 0 aliphatic heterocycles. The Labute approximate surface area is 159 Å². The molecule has 0 saturated heterocycles. The Balaban J connectivity index is 1.83. The lowest BCUT2D eigenvalue weighted by molar-refractivity contribution is -0.389. The number of nitro groups is 1. The first-order chi connectivity index (χ1) is 12.8. The number of ether oxygens (including phenoxy) is 1. The van der Waals surface area contributed by atoms with E-state index in [0.29, 0.717) is 22.2 Å². The van der Waals surface area contributed by atoms with E-state index in [4.69, 9.17) is 4.74 Å². The van der Waals surface area contributed by atoms with E-state index in [9.17, 15) is 19.7 Å². The van der Waals surface area contributed by atoms with Crippen LogP contribution in [0.1, 0.15) is 39.8 Å². The second kappa shape index (κ2) is 7.47. The van der Waals surface area contributed by atoms with Crippen molar-refractivity contribution in [2.45, 2.75) is 39.7 Å². The first-order valence-electron chi connectivity index (χ1n) is 8.51. The Bertz CT molecular complexity index is 917. The third kappa shape index (κ3) is 3.85. The summed E-state index contributed by atoms with van der Waals surface area (Å²) in [6.07, 6.45) is 2.62. The van der Waals surface area contributed by atoms with Gasteiger partial charge in [0.2, 0.25) is 5.91 Å².